The summed E-state index contributed by atoms with van der Waals surface area (Å²) in [4.78, 5) is 41.5. The summed E-state index contributed by atoms with van der Waals surface area (Å²) in [6.45, 7) is 6.18. The molecular formula is C27H27F3N6O4. The van der Waals surface area contributed by atoms with E-state index in [2.05, 4.69) is 21.5 Å². The molecule has 0 bridgehead atoms. The van der Waals surface area contributed by atoms with Gasteiger partial charge in [0.05, 0.1) is 13.7 Å². The van der Waals surface area contributed by atoms with Crippen molar-refractivity contribution in [1.82, 2.24) is 19.8 Å². The fraction of sp³-hybridized carbons (Fsp3) is 0.296. The van der Waals surface area contributed by atoms with Crippen LogP contribution in [0.15, 0.2) is 58.1 Å². The van der Waals surface area contributed by atoms with Crippen molar-refractivity contribution >= 4 is 28.9 Å². The number of nitrogens with zero attached hydrogens (tertiary/aromatic N) is 5. The van der Waals surface area contributed by atoms with E-state index in [1.165, 1.54) is 36.4 Å². The third-order valence-corrected chi connectivity index (χ3v) is 6.31. The van der Waals surface area contributed by atoms with Crippen LogP contribution >= 0.6 is 0 Å². The van der Waals surface area contributed by atoms with E-state index in [-0.39, 0.29) is 72.9 Å². The maximum atomic E-state index is 13.4. The Kier molecular flexibility index (Phi) is 8.33. The Balaban J connectivity index is 1.60. The number of benzene rings is 1. The molecule has 2 amide bonds. The van der Waals surface area contributed by atoms with E-state index < -0.39 is 17.8 Å². The van der Waals surface area contributed by atoms with E-state index >= 15 is 0 Å². The van der Waals surface area contributed by atoms with E-state index in [0.717, 1.165) is 6.07 Å². The van der Waals surface area contributed by atoms with Gasteiger partial charge < -0.3 is 24.7 Å². The van der Waals surface area contributed by atoms with E-state index in [0.29, 0.717) is 10.9 Å². The van der Waals surface area contributed by atoms with Crippen LogP contribution in [0.3, 0.4) is 0 Å². The summed E-state index contributed by atoms with van der Waals surface area (Å²) < 4.78 is 50.9. The molecule has 10 nitrogen and oxygen atoms in total. The molecule has 0 spiro atoms. The molecule has 0 aliphatic carbocycles. The van der Waals surface area contributed by atoms with Crippen molar-refractivity contribution < 1.29 is 31.9 Å². The van der Waals surface area contributed by atoms with Crippen LogP contribution in [-0.4, -0.2) is 71.1 Å². The lowest BCUT2D eigenvalue weighted by atomic mass is 10.1. The minimum absolute atomic E-state index is 0.00429. The molecule has 0 atom stereocenters. The Labute approximate surface area is 227 Å². The zero-order valence-corrected chi connectivity index (χ0v) is 21.9. The largest absolute Gasteiger partial charge is 0.494 e. The second-order valence-electron chi connectivity index (χ2n) is 8.67. The van der Waals surface area contributed by atoms with Crippen molar-refractivity contribution in [2.75, 3.05) is 33.3 Å². The maximum Gasteiger partial charge on any atom is 0.433 e. The lowest BCUT2D eigenvalue weighted by Gasteiger charge is -2.34. The number of piperazine rings is 1. The van der Waals surface area contributed by atoms with Gasteiger partial charge in [0.15, 0.2) is 11.5 Å². The smallest absolute Gasteiger partial charge is 0.433 e. The third kappa shape index (κ3) is 5.59. The van der Waals surface area contributed by atoms with Crippen molar-refractivity contribution in [2.24, 2.45) is 10.7 Å². The molecule has 3 aromatic rings. The summed E-state index contributed by atoms with van der Waals surface area (Å²) in [6, 6.07) is 5.12. The monoisotopic (exact) mass is 556 g/mol. The van der Waals surface area contributed by atoms with Crippen molar-refractivity contribution in [3.05, 3.63) is 65.8 Å². The number of carbonyl (C=O) groups excluding carboxylic acids is 2. The standard InChI is InChI=1S/C27H27F3N6O4/c1-4-10-32-18(5-2)25(37)35-11-13-36(14-12-35)26(38)23-20(15-31)40-24(34-23)17-6-8-19(39-3)22-16(17)7-9-21(33-22)27(28,29)30/h4-10H,1,11-15,31H2,2-3H3/b18-5-,32-10?. The molecule has 2 N–H and O–H groups in total. The summed E-state index contributed by atoms with van der Waals surface area (Å²) in [7, 11) is 1.33. The van der Waals surface area contributed by atoms with Gasteiger partial charge in [-0.25, -0.2) is 9.97 Å². The summed E-state index contributed by atoms with van der Waals surface area (Å²) in [5, 5.41) is 0.294. The van der Waals surface area contributed by atoms with Crippen LogP contribution in [0.2, 0.25) is 0 Å². The normalized spacial score (nSPS) is 14.7. The number of oxazole rings is 1. The fourth-order valence-corrected chi connectivity index (χ4v) is 4.28. The van der Waals surface area contributed by atoms with E-state index in [4.69, 9.17) is 14.9 Å². The maximum absolute atomic E-state index is 13.4. The molecule has 1 aliphatic heterocycles. The SMILES string of the molecule is C=CC=N/C(=C\C)C(=O)N1CCN(C(=O)c2nc(-c3ccc(OC)c4nc(C(F)(F)F)ccc34)oc2CN)CC1. The fourth-order valence-electron chi connectivity index (χ4n) is 4.28. The molecule has 13 heteroatoms. The van der Waals surface area contributed by atoms with Crippen LogP contribution in [0.5, 0.6) is 5.75 Å². The molecular weight excluding hydrogens is 529 g/mol. The molecule has 4 rings (SSSR count). The summed E-state index contributed by atoms with van der Waals surface area (Å²) >= 11 is 0. The van der Waals surface area contributed by atoms with Gasteiger partial charge in [0.25, 0.3) is 11.8 Å². The molecule has 1 aromatic carbocycles. The predicted octanol–water partition coefficient (Wildman–Crippen LogP) is 3.82. The summed E-state index contributed by atoms with van der Waals surface area (Å²) in [6.07, 6.45) is -0.140. The highest BCUT2D eigenvalue weighted by Crippen LogP contribution is 2.37. The quantitative estimate of drug-likeness (QED) is 0.346. The molecule has 40 heavy (non-hydrogen) atoms. The molecule has 0 saturated carbocycles. The highest BCUT2D eigenvalue weighted by molar-refractivity contribution is 5.98. The summed E-state index contributed by atoms with van der Waals surface area (Å²) in [5.74, 6) is -0.432. The number of hydrogen-bond donors (Lipinski definition) is 1. The molecule has 3 heterocycles. The number of aliphatic imine (C=N–C) groups is 1. The van der Waals surface area contributed by atoms with Gasteiger partial charge in [0.2, 0.25) is 5.89 Å². The molecule has 2 aromatic heterocycles. The Morgan fingerprint density at radius 2 is 1.85 bits per heavy atom. The van der Waals surface area contributed by atoms with Crippen LogP contribution in [0.1, 0.15) is 28.9 Å². The molecule has 0 radical (unpaired) electrons. The zero-order valence-electron chi connectivity index (χ0n) is 21.9. The van der Waals surface area contributed by atoms with Gasteiger partial charge in [-0.15, -0.1) is 0 Å². The van der Waals surface area contributed by atoms with Crippen molar-refractivity contribution in [3.8, 4) is 17.2 Å². The Bertz CT molecular complexity index is 1500. The number of amides is 2. The molecule has 1 aliphatic rings. The molecule has 1 saturated heterocycles. The summed E-state index contributed by atoms with van der Waals surface area (Å²) in [5.41, 5.74) is 5.32. The lowest BCUT2D eigenvalue weighted by Crippen LogP contribution is -2.51. The molecule has 1 fully saturated rings. The number of hydrogen-bond acceptors (Lipinski definition) is 8. The number of alkyl halides is 3. The lowest BCUT2D eigenvalue weighted by molar-refractivity contribution is -0.141. The average molecular weight is 557 g/mol. The Morgan fingerprint density at radius 3 is 2.45 bits per heavy atom. The molecule has 0 unspecified atom stereocenters. The molecule has 210 valence electrons. The van der Waals surface area contributed by atoms with Gasteiger partial charge >= 0.3 is 6.18 Å². The first-order chi connectivity index (χ1) is 19.1. The second kappa shape index (κ2) is 11.7. The van der Waals surface area contributed by atoms with Crippen LogP contribution in [0, 0.1) is 0 Å². The van der Waals surface area contributed by atoms with Crippen molar-refractivity contribution in [2.45, 2.75) is 19.6 Å². The van der Waals surface area contributed by atoms with Crippen LogP contribution < -0.4 is 10.5 Å². The predicted molar refractivity (Wildman–Crippen MR) is 142 cm³/mol. The van der Waals surface area contributed by atoms with Crippen molar-refractivity contribution in [3.63, 3.8) is 0 Å². The first-order valence-electron chi connectivity index (χ1n) is 12.3. The van der Waals surface area contributed by atoms with E-state index in [1.54, 1.807) is 24.0 Å². The Morgan fingerprint density at radius 1 is 1.15 bits per heavy atom. The Hall–Kier alpha value is -4.52. The van der Waals surface area contributed by atoms with Gasteiger partial charge in [0, 0.05) is 43.3 Å². The number of halogens is 3. The van der Waals surface area contributed by atoms with Crippen LogP contribution in [0.25, 0.3) is 22.4 Å². The number of allylic oxidation sites excluding steroid dienone is 2. The highest BCUT2D eigenvalue weighted by Gasteiger charge is 2.34. The average Bonchev–Trinajstić information content (AvgIpc) is 3.40. The van der Waals surface area contributed by atoms with E-state index in [1.807, 2.05) is 0 Å². The minimum atomic E-state index is -4.65. The topological polar surface area (TPSA) is 127 Å². The number of pyridine rings is 1. The number of carbonyl (C=O) groups is 2. The van der Waals surface area contributed by atoms with E-state index in [9.17, 15) is 22.8 Å². The number of methoxy groups -OCH3 is 1. The van der Waals surface area contributed by atoms with Crippen molar-refractivity contribution in [1.29, 1.82) is 0 Å². The van der Waals surface area contributed by atoms with Gasteiger partial charge in [-0.1, -0.05) is 18.7 Å². The number of nitrogens with two attached hydrogens (primary N) is 1. The van der Waals surface area contributed by atoms with Gasteiger partial charge in [-0.2, -0.15) is 13.2 Å². The number of rotatable bonds is 7. The third-order valence-electron chi connectivity index (χ3n) is 6.31. The van der Waals surface area contributed by atoms with Crippen LogP contribution in [-0.2, 0) is 17.5 Å². The second-order valence-corrected chi connectivity index (χ2v) is 8.67. The highest BCUT2D eigenvalue weighted by atomic mass is 19.4. The van der Waals surface area contributed by atoms with Gasteiger partial charge in [-0.05, 0) is 31.2 Å². The van der Waals surface area contributed by atoms with Crippen LogP contribution in [0.4, 0.5) is 13.2 Å². The van der Waals surface area contributed by atoms with Gasteiger partial charge in [0.1, 0.15) is 22.7 Å². The first-order valence-corrected chi connectivity index (χ1v) is 12.3. The number of fused-ring (bicyclic) bond motifs is 1. The minimum Gasteiger partial charge on any atom is -0.494 e. The zero-order chi connectivity index (χ0) is 29.0. The van der Waals surface area contributed by atoms with Gasteiger partial charge in [-0.3, -0.25) is 14.6 Å². The number of aromatic nitrogens is 2. The number of ether oxygens (including phenoxy) is 1. The first kappa shape index (κ1) is 28.5.